The molecule has 0 radical (unpaired) electrons. The molecule has 0 amide bonds. The lowest BCUT2D eigenvalue weighted by atomic mass is 10.3. The first-order chi connectivity index (χ1) is 7.75. The van der Waals surface area contributed by atoms with Gasteiger partial charge in [-0.15, -0.1) is 0 Å². The van der Waals surface area contributed by atoms with Gasteiger partial charge < -0.3 is 14.9 Å². The Bertz CT molecular complexity index is 466. The van der Waals surface area contributed by atoms with Crippen molar-refractivity contribution in [2.75, 3.05) is 12.3 Å². The molecule has 1 aromatic heterocycles. The Morgan fingerprint density at radius 1 is 1.38 bits per heavy atom. The fraction of sp³-hybridized carbons (Fsp3) is 0.250. The Morgan fingerprint density at radius 2 is 2.19 bits per heavy atom. The molecule has 16 heavy (non-hydrogen) atoms. The van der Waals surface area contributed by atoms with Crippen molar-refractivity contribution in [2.24, 2.45) is 0 Å². The molecule has 2 rings (SSSR count). The van der Waals surface area contributed by atoms with E-state index >= 15 is 0 Å². The minimum absolute atomic E-state index is 0.508. The Kier molecular flexibility index (Phi) is 3.10. The minimum Gasteiger partial charge on any atom is -0.491 e. The lowest BCUT2D eigenvalue weighted by Crippen LogP contribution is -2.03. The van der Waals surface area contributed by atoms with E-state index in [0.717, 1.165) is 5.69 Å². The Morgan fingerprint density at radius 3 is 2.88 bits per heavy atom. The number of nitrogen functional groups attached to an aromatic ring is 1. The zero-order valence-electron chi connectivity index (χ0n) is 9.14. The van der Waals surface area contributed by atoms with Crippen LogP contribution in [-0.4, -0.2) is 11.6 Å². The zero-order chi connectivity index (χ0) is 11.4. The maximum Gasteiger partial charge on any atom is 0.197 e. The van der Waals surface area contributed by atoms with Crippen molar-refractivity contribution < 1.29 is 9.15 Å². The molecule has 0 aliphatic rings. The smallest absolute Gasteiger partial charge is 0.197 e. The van der Waals surface area contributed by atoms with E-state index in [1.54, 1.807) is 6.26 Å². The van der Waals surface area contributed by atoms with Gasteiger partial charge in [-0.1, -0.05) is 12.1 Å². The SMILES string of the molecule is Cc1coc(CCOc2ccccc2N)n1. The summed E-state index contributed by atoms with van der Waals surface area (Å²) in [7, 11) is 0. The second-order valence-corrected chi connectivity index (χ2v) is 3.52. The maximum atomic E-state index is 5.74. The molecule has 1 aromatic carbocycles. The zero-order valence-corrected chi connectivity index (χ0v) is 9.14. The van der Waals surface area contributed by atoms with Gasteiger partial charge in [0.15, 0.2) is 5.89 Å². The number of nitrogens with zero attached hydrogens (tertiary/aromatic N) is 1. The molecule has 0 atom stereocenters. The van der Waals surface area contributed by atoms with E-state index in [-0.39, 0.29) is 0 Å². The van der Waals surface area contributed by atoms with Crippen molar-refractivity contribution in [3.63, 3.8) is 0 Å². The van der Waals surface area contributed by atoms with Crippen molar-refractivity contribution >= 4 is 5.69 Å². The predicted octanol–water partition coefficient (Wildman–Crippen LogP) is 2.19. The lowest BCUT2D eigenvalue weighted by Gasteiger charge is -2.06. The van der Waals surface area contributed by atoms with E-state index in [1.807, 2.05) is 31.2 Å². The molecule has 0 bridgehead atoms. The van der Waals surface area contributed by atoms with Gasteiger partial charge in [-0.2, -0.15) is 0 Å². The van der Waals surface area contributed by atoms with Crippen LogP contribution in [0, 0.1) is 6.92 Å². The average molecular weight is 218 g/mol. The number of ether oxygens (including phenoxy) is 1. The van der Waals surface area contributed by atoms with Gasteiger partial charge in [-0.05, 0) is 19.1 Å². The third-order valence-electron chi connectivity index (χ3n) is 2.16. The molecule has 4 heteroatoms. The molecule has 0 aliphatic heterocycles. The van der Waals surface area contributed by atoms with Gasteiger partial charge >= 0.3 is 0 Å². The van der Waals surface area contributed by atoms with Gasteiger partial charge in [0.05, 0.1) is 24.4 Å². The highest BCUT2D eigenvalue weighted by atomic mass is 16.5. The standard InChI is InChI=1S/C12H14N2O2/c1-9-8-16-12(14-9)6-7-15-11-5-3-2-4-10(11)13/h2-5,8H,6-7,13H2,1H3. The summed E-state index contributed by atoms with van der Waals surface area (Å²) in [5.74, 6) is 1.39. The molecule has 2 N–H and O–H groups in total. The van der Waals surface area contributed by atoms with Crippen molar-refractivity contribution in [3.05, 3.63) is 42.1 Å². The summed E-state index contributed by atoms with van der Waals surface area (Å²) in [6, 6.07) is 7.42. The van der Waals surface area contributed by atoms with Crippen LogP contribution < -0.4 is 10.5 Å². The van der Waals surface area contributed by atoms with E-state index < -0.39 is 0 Å². The number of rotatable bonds is 4. The molecule has 4 nitrogen and oxygen atoms in total. The average Bonchev–Trinajstić information content (AvgIpc) is 2.67. The monoisotopic (exact) mass is 218 g/mol. The highest BCUT2D eigenvalue weighted by Crippen LogP contribution is 2.19. The van der Waals surface area contributed by atoms with Gasteiger partial charge in [0, 0.05) is 0 Å². The number of benzene rings is 1. The Balaban J connectivity index is 1.87. The van der Waals surface area contributed by atoms with E-state index in [9.17, 15) is 0 Å². The first-order valence-electron chi connectivity index (χ1n) is 5.14. The van der Waals surface area contributed by atoms with Gasteiger partial charge in [0.1, 0.15) is 12.0 Å². The number of nitrogens with two attached hydrogens (primary N) is 1. The number of anilines is 1. The summed E-state index contributed by atoms with van der Waals surface area (Å²) in [4.78, 5) is 4.19. The first-order valence-corrected chi connectivity index (χ1v) is 5.14. The number of oxazole rings is 1. The normalized spacial score (nSPS) is 10.3. The Hall–Kier alpha value is -1.97. The molecule has 1 heterocycles. The first kappa shape index (κ1) is 10.5. The second kappa shape index (κ2) is 4.70. The van der Waals surface area contributed by atoms with Crippen LogP contribution in [0.25, 0.3) is 0 Å². The van der Waals surface area contributed by atoms with Crippen molar-refractivity contribution in [1.82, 2.24) is 4.98 Å². The van der Waals surface area contributed by atoms with Crippen LogP contribution in [0.2, 0.25) is 0 Å². The summed E-state index contributed by atoms with van der Waals surface area (Å²) >= 11 is 0. The molecule has 0 spiro atoms. The van der Waals surface area contributed by atoms with Gasteiger partial charge in [-0.25, -0.2) is 4.98 Å². The summed E-state index contributed by atoms with van der Waals surface area (Å²) in [6.07, 6.45) is 2.27. The number of aromatic nitrogens is 1. The van der Waals surface area contributed by atoms with Crippen LogP contribution in [-0.2, 0) is 6.42 Å². The van der Waals surface area contributed by atoms with Crippen molar-refractivity contribution in [1.29, 1.82) is 0 Å². The number of hydrogen-bond donors (Lipinski definition) is 1. The highest BCUT2D eigenvalue weighted by molar-refractivity contribution is 5.51. The fourth-order valence-corrected chi connectivity index (χ4v) is 1.38. The van der Waals surface area contributed by atoms with E-state index in [4.69, 9.17) is 14.9 Å². The van der Waals surface area contributed by atoms with Crippen molar-refractivity contribution in [3.8, 4) is 5.75 Å². The number of aryl methyl sites for hydroxylation is 1. The quantitative estimate of drug-likeness (QED) is 0.799. The minimum atomic E-state index is 0.508. The molecule has 0 unspecified atom stereocenters. The van der Waals surface area contributed by atoms with Crippen molar-refractivity contribution in [2.45, 2.75) is 13.3 Å². The highest BCUT2D eigenvalue weighted by Gasteiger charge is 2.02. The predicted molar refractivity (Wildman–Crippen MR) is 61.3 cm³/mol. The van der Waals surface area contributed by atoms with Crippen LogP contribution in [0.4, 0.5) is 5.69 Å². The number of para-hydroxylation sites is 2. The van der Waals surface area contributed by atoms with Crippen LogP contribution in [0.1, 0.15) is 11.6 Å². The van der Waals surface area contributed by atoms with Gasteiger partial charge in [-0.3, -0.25) is 0 Å². The van der Waals surface area contributed by atoms with E-state index in [2.05, 4.69) is 4.98 Å². The summed E-state index contributed by atoms with van der Waals surface area (Å²) < 4.78 is 10.7. The van der Waals surface area contributed by atoms with Gasteiger partial charge in [0.25, 0.3) is 0 Å². The molecule has 0 fully saturated rings. The maximum absolute atomic E-state index is 5.74. The molecule has 0 saturated carbocycles. The van der Waals surface area contributed by atoms with E-state index in [0.29, 0.717) is 30.4 Å². The third-order valence-corrected chi connectivity index (χ3v) is 2.16. The number of hydrogen-bond acceptors (Lipinski definition) is 4. The van der Waals surface area contributed by atoms with Crippen LogP contribution in [0.3, 0.4) is 0 Å². The molecular weight excluding hydrogens is 204 g/mol. The summed E-state index contributed by atoms with van der Waals surface area (Å²) in [5, 5.41) is 0. The molecular formula is C12H14N2O2. The Labute approximate surface area is 94.1 Å². The molecule has 84 valence electrons. The lowest BCUT2D eigenvalue weighted by molar-refractivity contribution is 0.307. The topological polar surface area (TPSA) is 61.3 Å². The summed E-state index contributed by atoms with van der Waals surface area (Å²) in [5.41, 5.74) is 7.27. The molecule has 2 aromatic rings. The molecule has 0 saturated heterocycles. The van der Waals surface area contributed by atoms with Crippen LogP contribution in [0.15, 0.2) is 34.9 Å². The van der Waals surface area contributed by atoms with Crippen LogP contribution >= 0.6 is 0 Å². The largest absolute Gasteiger partial charge is 0.491 e. The molecule has 0 aliphatic carbocycles. The summed E-state index contributed by atoms with van der Waals surface area (Å²) in [6.45, 7) is 2.40. The fourth-order valence-electron chi connectivity index (χ4n) is 1.38. The third kappa shape index (κ3) is 2.53. The van der Waals surface area contributed by atoms with Gasteiger partial charge in [0.2, 0.25) is 0 Å². The van der Waals surface area contributed by atoms with E-state index in [1.165, 1.54) is 0 Å². The van der Waals surface area contributed by atoms with Crippen LogP contribution in [0.5, 0.6) is 5.75 Å². The second-order valence-electron chi connectivity index (χ2n) is 3.52.